The van der Waals surface area contributed by atoms with Crippen LogP contribution in [0.4, 0.5) is 13.2 Å². The molecule has 0 bridgehead atoms. The van der Waals surface area contributed by atoms with E-state index in [1.807, 2.05) is 4.90 Å². The summed E-state index contributed by atoms with van der Waals surface area (Å²) >= 11 is 0. The van der Waals surface area contributed by atoms with Crippen molar-refractivity contribution in [1.29, 1.82) is 0 Å². The second-order valence-corrected chi connectivity index (χ2v) is 7.53. The molecule has 2 aromatic carbocycles. The van der Waals surface area contributed by atoms with Gasteiger partial charge in [-0.3, -0.25) is 9.69 Å². The van der Waals surface area contributed by atoms with Crippen LogP contribution in [-0.4, -0.2) is 49.4 Å². The van der Waals surface area contributed by atoms with Crippen LogP contribution in [0.25, 0.3) is 11.0 Å². The number of halogens is 3. The van der Waals surface area contributed by atoms with Crippen LogP contribution >= 0.6 is 0 Å². The SMILES string of the molecule is COC(=O)c1ccc(Oc2c(C(F)(F)F)oc3c(CN4CCOCC4)c(O)ccc3c2=O)cc1. The average molecular weight is 479 g/mol. The molecule has 0 aliphatic carbocycles. The summed E-state index contributed by atoms with van der Waals surface area (Å²) in [5.74, 6) is -3.72. The number of nitrogens with zero attached hydrogens (tertiary/aromatic N) is 1. The molecule has 3 aromatic rings. The standard InChI is InChI=1S/C23H20F3NO7/c1-31-22(30)13-2-4-14(5-3-13)33-20-18(29)15-6-7-17(28)16(12-27-8-10-32-11-9-27)19(15)34-21(20)23(24,25)26/h2-7,28H,8-12H2,1H3. The first-order chi connectivity index (χ1) is 16.2. The molecule has 2 heterocycles. The van der Waals surface area contributed by atoms with Gasteiger partial charge in [0.05, 0.1) is 36.8 Å². The number of fused-ring (bicyclic) bond motifs is 1. The van der Waals surface area contributed by atoms with E-state index < -0.39 is 29.1 Å². The number of benzene rings is 2. The maximum absolute atomic E-state index is 13.9. The maximum atomic E-state index is 13.9. The fraction of sp³-hybridized carbons (Fsp3) is 0.304. The van der Waals surface area contributed by atoms with Crippen LogP contribution in [0, 0.1) is 0 Å². The van der Waals surface area contributed by atoms with E-state index in [0.717, 1.165) is 0 Å². The number of carbonyl (C=O) groups excluding carboxylic acids is 1. The van der Waals surface area contributed by atoms with E-state index in [1.165, 1.54) is 43.5 Å². The van der Waals surface area contributed by atoms with Crippen molar-refractivity contribution >= 4 is 16.9 Å². The minimum atomic E-state index is -5.06. The van der Waals surface area contributed by atoms with Crippen LogP contribution < -0.4 is 10.2 Å². The Labute approximate surface area is 191 Å². The molecule has 8 nitrogen and oxygen atoms in total. The molecule has 0 atom stereocenters. The highest BCUT2D eigenvalue weighted by atomic mass is 19.4. The van der Waals surface area contributed by atoms with Gasteiger partial charge < -0.3 is 23.7 Å². The number of alkyl halides is 3. The quantitative estimate of drug-likeness (QED) is 0.550. The van der Waals surface area contributed by atoms with Gasteiger partial charge in [0, 0.05) is 19.6 Å². The second kappa shape index (κ2) is 9.35. The van der Waals surface area contributed by atoms with Crippen molar-refractivity contribution < 1.29 is 41.7 Å². The molecule has 1 saturated heterocycles. The number of phenols is 1. The molecule has 0 amide bonds. The molecule has 0 spiro atoms. The topological polar surface area (TPSA) is 98.4 Å². The van der Waals surface area contributed by atoms with Crippen molar-refractivity contribution in [3.05, 3.63) is 63.5 Å². The molecule has 0 radical (unpaired) electrons. The number of carbonyl (C=O) groups is 1. The van der Waals surface area contributed by atoms with Gasteiger partial charge >= 0.3 is 12.1 Å². The third-order valence-electron chi connectivity index (χ3n) is 5.34. The van der Waals surface area contributed by atoms with Gasteiger partial charge in [-0.25, -0.2) is 4.79 Å². The lowest BCUT2D eigenvalue weighted by molar-refractivity contribution is -0.154. The van der Waals surface area contributed by atoms with E-state index in [-0.39, 0.29) is 40.1 Å². The van der Waals surface area contributed by atoms with Crippen LogP contribution in [-0.2, 0) is 22.2 Å². The molecule has 1 aliphatic rings. The summed E-state index contributed by atoms with van der Waals surface area (Å²) in [6.07, 6.45) is -5.06. The number of morpholine rings is 1. The van der Waals surface area contributed by atoms with Gasteiger partial charge in [-0.15, -0.1) is 0 Å². The minimum absolute atomic E-state index is 0.0657. The van der Waals surface area contributed by atoms with Crippen LogP contribution in [0.1, 0.15) is 21.7 Å². The van der Waals surface area contributed by atoms with Gasteiger partial charge in [0.15, 0.2) is 0 Å². The van der Waals surface area contributed by atoms with Crippen LogP contribution in [0.15, 0.2) is 45.6 Å². The monoisotopic (exact) mass is 479 g/mol. The third kappa shape index (κ3) is 4.70. The Morgan fingerprint density at radius 2 is 1.79 bits per heavy atom. The van der Waals surface area contributed by atoms with E-state index >= 15 is 0 Å². The highest BCUT2D eigenvalue weighted by Crippen LogP contribution is 2.40. The van der Waals surface area contributed by atoms with Crippen LogP contribution in [0.2, 0.25) is 0 Å². The lowest BCUT2D eigenvalue weighted by Crippen LogP contribution is -2.35. The summed E-state index contributed by atoms with van der Waals surface area (Å²) in [4.78, 5) is 26.5. The molecule has 34 heavy (non-hydrogen) atoms. The molecule has 1 aromatic heterocycles. The second-order valence-electron chi connectivity index (χ2n) is 7.53. The Hall–Kier alpha value is -3.57. The Balaban J connectivity index is 1.81. The first kappa shape index (κ1) is 23.6. The van der Waals surface area contributed by atoms with Gasteiger partial charge in [0.1, 0.15) is 17.1 Å². The number of phenolic OH excluding ortho intramolecular Hbond substituents is 1. The first-order valence-corrected chi connectivity index (χ1v) is 10.2. The van der Waals surface area contributed by atoms with Crippen molar-refractivity contribution in [2.45, 2.75) is 12.7 Å². The summed E-state index contributed by atoms with van der Waals surface area (Å²) in [5.41, 5.74) is -1.19. The fourth-order valence-corrected chi connectivity index (χ4v) is 3.60. The van der Waals surface area contributed by atoms with Gasteiger partial charge in [0.2, 0.25) is 11.2 Å². The van der Waals surface area contributed by atoms with Gasteiger partial charge in [-0.1, -0.05) is 0 Å². The average Bonchev–Trinajstić information content (AvgIpc) is 2.82. The molecule has 4 rings (SSSR count). The van der Waals surface area contributed by atoms with Crippen molar-refractivity contribution in [3.63, 3.8) is 0 Å². The fourth-order valence-electron chi connectivity index (χ4n) is 3.60. The smallest absolute Gasteiger partial charge is 0.453 e. The van der Waals surface area contributed by atoms with Crippen molar-refractivity contribution in [2.24, 2.45) is 0 Å². The summed E-state index contributed by atoms with van der Waals surface area (Å²) in [6, 6.07) is 7.46. The maximum Gasteiger partial charge on any atom is 0.453 e. The largest absolute Gasteiger partial charge is 0.507 e. The Bertz CT molecular complexity index is 1260. The number of methoxy groups -OCH3 is 1. The van der Waals surface area contributed by atoms with Gasteiger partial charge in [-0.05, 0) is 36.4 Å². The van der Waals surface area contributed by atoms with Crippen molar-refractivity contribution in [2.75, 3.05) is 33.4 Å². The number of hydrogen-bond donors (Lipinski definition) is 1. The van der Waals surface area contributed by atoms with Crippen molar-refractivity contribution in [3.8, 4) is 17.2 Å². The normalized spacial score (nSPS) is 14.8. The minimum Gasteiger partial charge on any atom is -0.507 e. The molecular formula is C23H20F3NO7. The molecule has 11 heteroatoms. The zero-order chi connectivity index (χ0) is 24.5. The Kier molecular flexibility index (Phi) is 6.49. The summed E-state index contributed by atoms with van der Waals surface area (Å²) in [6.45, 7) is 1.97. The number of esters is 1. The Morgan fingerprint density at radius 3 is 2.41 bits per heavy atom. The zero-order valence-electron chi connectivity index (χ0n) is 18.0. The predicted molar refractivity (Wildman–Crippen MR) is 113 cm³/mol. The van der Waals surface area contributed by atoms with E-state index in [1.54, 1.807) is 0 Å². The molecule has 1 N–H and O–H groups in total. The lowest BCUT2D eigenvalue weighted by atomic mass is 10.1. The highest BCUT2D eigenvalue weighted by molar-refractivity contribution is 5.89. The molecule has 1 fully saturated rings. The number of hydrogen-bond acceptors (Lipinski definition) is 8. The lowest BCUT2D eigenvalue weighted by Gasteiger charge is -2.27. The predicted octanol–water partition coefficient (Wildman–Crippen LogP) is 3.93. The molecule has 0 unspecified atom stereocenters. The zero-order valence-corrected chi connectivity index (χ0v) is 18.0. The number of rotatable bonds is 5. The summed E-state index contributed by atoms with van der Waals surface area (Å²) < 4.78 is 62.0. The molecule has 1 aliphatic heterocycles. The van der Waals surface area contributed by atoms with E-state index in [4.69, 9.17) is 13.9 Å². The van der Waals surface area contributed by atoms with E-state index in [2.05, 4.69) is 4.74 Å². The molecular weight excluding hydrogens is 459 g/mol. The van der Waals surface area contributed by atoms with Gasteiger partial charge in [0.25, 0.3) is 5.76 Å². The summed E-state index contributed by atoms with van der Waals surface area (Å²) in [7, 11) is 1.19. The van der Waals surface area contributed by atoms with E-state index in [0.29, 0.717) is 26.3 Å². The van der Waals surface area contributed by atoms with E-state index in [9.17, 15) is 27.9 Å². The highest BCUT2D eigenvalue weighted by Gasteiger charge is 2.41. The van der Waals surface area contributed by atoms with Gasteiger partial charge in [-0.2, -0.15) is 13.2 Å². The first-order valence-electron chi connectivity index (χ1n) is 10.2. The summed E-state index contributed by atoms with van der Waals surface area (Å²) in [5, 5.41) is 10.2. The third-order valence-corrected chi connectivity index (χ3v) is 5.34. The molecule has 180 valence electrons. The van der Waals surface area contributed by atoms with Crippen LogP contribution in [0.5, 0.6) is 17.2 Å². The van der Waals surface area contributed by atoms with Crippen molar-refractivity contribution in [1.82, 2.24) is 4.90 Å². The Morgan fingerprint density at radius 1 is 1.12 bits per heavy atom. The van der Waals surface area contributed by atoms with Crippen LogP contribution in [0.3, 0.4) is 0 Å². The molecule has 0 saturated carbocycles. The number of aromatic hydroxyl groups is 1. The number of ether oxygens (including phenoxy) is 3.